The third-order valence-electron chi connectivity index (χ3n) is 5.84. The lowest BCUT2D eigenvalue weighted by Crippen LogP contribution is -2.52. The van der Waals surface area contributed by atoms with Crippen LogP contribution in [0.25, 0.3) is 0 Å². The smallest absolute Gasteiger partial charge is 0.335 e. The van der Waals surface area contributed by atoms with Crippen LogP contribution >= 0.6 is 0 Å². The summed E-state index contributed by atoms with van der Waals surface area (Å²) in [5.41, 5.74) is 3.30. The minimum atomic E-state index is -3.87. The number of rotatable bonds is 6. The molecule has 1 atom stereocenters. The summed E-state index contributed by atoms with van der Waals surface area (Å²) in [4.78, 5) is 16.1. The van der Waals surface area contributed by atoms with Gasteiger partial charge in [-0.2, -0.15) is 0 Å². The summed E-state index contributed by atoms with van der Waals surface area (Å²) in [5, 5.41) is 9.45. The summed E-state index contributed by atoms with van der Waals surface area (Å²) in [7, 11) is -3.87. The van der Waals surface area contributed by atoms with E-state index in [-0.39, 0.29) is 22.2 Å². The van der Waals surface area contributed by atoms with Gasteiger partial charge in [-0.15, -0.1) is 0 Å². The zero-order chi connectivity index (χ0) is 23.6. The fraction of sp³-hybridized carbons (Fsp3) is 0.240. The van der Waals surface area contributed by atoms with Crippen molar-refractivity contribution in [1.29, 1.82) is 0 Å². The summed E-state index contributed by atoms with van der Waals surface area (Å²) < 4.78 is 28.5. The molecule has 1 unspecified atom stereocenters. The number of hydrogen-bond donors (Lipinski definition) is 2. The Morgan fingerprint density at radius 2 is 1.76 bits per heavy atom. The molecule has 1 heterocycles. The summed E-state index contributed by atoms with van der Waals surface area (Å²) in [6.45, 7) is 6.30. The standard InChI is InChI=1S/C25H27N3O4S/c1-18-7-6-8-21(15-18)28-14-13-27(17-19(28)2)24-12-11-20(25(29)30)16-23(24)26-33(31,32)22-9-4-3-5-10-22/h3-12,15-16,19,26H,13-14,17H2,1-2H3,(H,29,30). The average molecular weight is 466 g/mol. The number of carbonyl (C=O) groups is 1. The number of benzene rings is 3. The van der Waals surface area contributed by atoms with Crippen LogP contribution in [0.15, 0.2) is 77.7 Å². The van der Waals surface area contributed by atoms with Gasteiger partial charge in [-0.3, -0.25) is 4.72 Å². The van der Waals surface area contributed by atoms with Gasteiger partial charge in [0.1, 0.15) is 0 Å². The van der Waals surface area contributed by atoms with Gasteiger partial charge in [0.25, 0.3) is 10.0 Å². The number of anilines is 3. The number of aryl methyl sites for hydroxylation is 1. The van der Waals surface area contributed by atoms with E-state index in [4.69, 9.17) is 0 Å². The minimum Gasteiger partial charge on any atom is -0.478 e. The number of sulfonamides is 1. The number of piperazine rings is 1. The highest BCUT2D eigenvalue weighted by atomic mass is 32.2. The fourth-order valence-electron chi connectivity index (χ4n) is 4.20. The van der Waals surface area contributed by atoms with Crippen LogP contribution in [0.3, 0.4) is 0 Å². The first-order valence-corrected chi connectivity index (χ1v) is 12.3. The maximum absolute atomic E-state index is 13.0. The van der Waals surface area contributed by atoms with Gasteiger partial charge in [0, 0.05) is 31.4 Å². The van der Waals surface area contributed by atoms with E-state index in [0.717, 1.165) is 12.2 Å². The lowest BCUT2D eigenvalue weighted by Gasteiger charge is -2.43. The van der Waals surface area contributed by atoms with Crippen LogP contribution in [-0.4, -0.2) is 45.2 Å². The van der Waals surface area contributed by atoms with Crippen molar-refractivity contribution in [3.63, 3.8) is 0 Å². The highest BCUT2D eigenvalue weighted by Gasteiger charge is 2.27. The molecular weight excluding hydrogens is 438 g/mol. The Labute approximate surface area is 194 Å². The molecular formula is C25H27N3O4S. The van der Waals surface area contributed by atoms with Crippen molar-refractivity contribution < 1.29 is 18.3 Å². The van der Waals surface area contributed by atoms with E-state index in [0.29, 0.717) is 18.8 Å². The van der Waals surface area contributed by atoms with Crippen LogP contribution in [0, 0.1) is 6.92 Å². The average Bonchev–Trinajstić information content (AvgIpc) is 2.79. The van der Waals surface area contributed by atoms with E-state index in [9.17, 15) is 18.3 Å². The first-order chi connectivity index (χ1) is 15.7. The second-order valence-electron chi connectivity index (χ2n) is 8.28. The molecule has 3 aromatic rings. The SMILES string of the molecule is Cc1cccc(N2CCN(c3ccc(C(=O)O)cc3NS(=O)(=O)c3ccccc3)CC2C)c1. The first-order valence-electron chi connectivity index (χ1n) is 10.8. The Kier molecular flexibility index (Phi) is 6.29. The van der Waals surface area contributed by atoms with Crippen molar-refractivity contribution in [3.8, 4) is 0 Å². The van der Waals surface area contributed by atoms with Gasteiger partial charge in [0.2, 0.25) is 0 Å². The first kappa shape index (κ1) is 22.7. The van der Waals surface area contributed by atoms with E-state index < -0.39 is 16.0 Å². The molecule has 0 radical (unpaired) electrons. The topological polar surface area (TPSA) is 89.9 Å². The zero-order valence-corrected chi connectivity index (χ0v) is 19.4. The minimum absolute atomic E-state index is 0.0240. The van der Waals surface area contributed by atoms with Crippen molar-refractivity contribution in [1.82, 2.24) is 0 Å². The molecule has 4 rings (SSSR count). The maximum atomic E-state index is 13.0. The van der Waals surface area contributed by atoms with E-state index in [1.165, 1.54) is 29.8 Å². The van der Waals surface area contributed by atoms with Crippen molar-refractivity contribution in [3.05, 3.63) is 83.9 Å². The van der Waals surface area contributed by atoms with Crippen LogP contribution in [0.2, 0.25) is 0 Å². The highest BCUT2D eigenvalue weighted by Crippen LogP contribution is 2.32. The summed E-state index contributed by atoms with van der Waals surface area (Å²) in [5.74, 6) is -1.11. The van der Waals surface area contributed by atoms with Crippen molar-refractivity contribution >= 4 is 33.1 Å². The Balaban J connectivity index is 1.63. The van der Waals surface area contributed by atoms with Crippen LogP contribution in [-0.2, 0) is 10.0 Å². The molecule has 8 heteroatoms. The maximum Gasteiger partial charge on any atom is 0.335 e. The normalized spacial score (nSPS) is 16.5. The zero-order valence-electron chi connectivity index (χ0n) is 18.6. The number of nitrogens with zero attached hydrogens (tertiary/aromatic N) is 2. The van der Waals surface area contributed by atoms with Crippen LogP contribution in [0.1, 0.15) is 22.8 Å². The second kappa shape index (κ2) is 9.15. The van der Waals surface area contributed by atoms with Crippen molar-refractivity contribution in [2.75, 3.05) is 34.2 Å². The molecule has 1 fully saturated rings. The number of carboxylic acids is 1. The van der Waals surface area contributed by atoms with E-state index in [2.05, 4.69) is 46.6 Å². The van der Waals surface area contributed by atoms with Crippen molar-refractivity contribution in [2.24, 2.45) is 0 Å². The van der Waals surface area contributed by atoms with Crippen LogP contribution in [0.4, 0.5) is 17.1 Å². The van der Waals surface area contributed by atoms with Gasteiger partial charge < -0.3 is 14.9 Å². The van der Waals surface area contributed by atoms with Gasteiger partial charge in [0.15, 0.2) is 0 Å². The molecule has 0 spiro atoms. The van der Waals surface area contributed by atoms with Gasteiger partial charge >= 0.3 is 5.97 Å². The lowest BCUT2D eigenvalue weighted by molar-refractivity contribution is 0.0697. The number of hydrogen-bond acceptors (Lipinski definition) is 5. The largest absolute Gasteiger partial charge is 0.478 e. The molecule has 2 N–H and O–H groups in total. The summed E-state index contributed by atoms with van der Waals surface area (Å²) in [6.07, 6.45) is 0. The third-order valence-corrected chi connectivity index (χ3v) is 7.22. The van der Waals surface area contributed by atoms with Crippen LogP contribution < -0.4 is 14.5 Å². The van der Waals surface area contributed by atoms with Gasteiger partial charge in [-0.25, -0.2) is 13.2 Å². The molecule has 0 aromatic heterocycles. The molecule has 172 valence electrons. The van der Waals surface area contributed by atoms with Gasteiger partial charge in [-0.05, 0) is 61.9 Å². The van der Waals surface area contributed by atoms with Crippen LogP contribution in [0.5, 0.6) is 0 Å². The number of nitrogens with one attached hydrogen (secondary N) is 1. The van der Waals surface area contributed by atoms with E-state index in [1.54, 1.807) is 24.3 Å². The quantitative estimate of drug-likeness (QED) is 0.567. The molecule has 1 aliphatic heterocycles. The molecule has 7 nitrogen and oxygen atoms in total. The number of carboxylic acid groups (broad SMARTS) is 1. The molecule has 1 aliphatic rings. The van der Waals surface area contributed by atoms with Crippen molar-refractivity contribution in [2.45, 2.75) is 24.8 Å². The molecule has 0 aliphatic carbocycles. The van der Waals surface area contributed by atoms with Gasteiger partial charge in [0.05, 0.1) is 21.8 Å². The van der Waals surface area contributed by atoms with E-state index in [1.807, 2.05) is 6.07 Å². The molecule has 0 saturated carbocycles. The molecule has 3 aromatic carbocycles. The van der Waals surface area contributed by atoms with Gasteiger partial charge in [-0.1, -0.05) is 30.3 Å². The molecule has 1 saturated heterocycles. The lowest BCUT2D eigenvalue weighted by atomic mass is 10.1. The van der Waals surface area contributed by atoms with E-state index >= 15 is 0 Å². The third kappa shape index (κ3) is 4.96. The Bertz CT molecular complexity index is 1260. The summed E-state index contributed by atoms with van der Waals surface area (Å²) >= 11 is 0. The summed E-state index contributed by atoms with van der Waals surface area (Å²) in [6, 6.07) is 21.2. The second-order valence-corrected chi connectivity index (χ2v) is 9.97. The Hall–Kier alpha value is -3.52. The molecule has 33 heavy (non-hydrogen) atoms. The fourth-order valence-corrected chi connectivity index (χ4v) is 5.28. The highest BCUT2D eigenvalue weighted by molar-refractivity contribution is 7.92. The predicted octanol–water partition coefficient (Wildman–Crippen LogP) is 4.21. The molecule has 0 amide bonds. The monoisotopic (exact) mass is 465 g/mol. The predicted molar refractivity (Wildman–Crippen MR) is 131 cm³/mol. The number of aromatic carboxylic acids is 1. The Morgan fingerprint density at radius 3 is 2.42 bits per heavy atom. The Morgan fingerprint density at radius 1 is 1.00 bits per heavy atom. The molecule has 0 bridgehead atoms.